The highest BCUT2D eigenvalue weighted by Crippen LogP contribution is 2.40. The van der Waals surface area contributed by atoms with E-state index in [4.69, 9.17) is 0 Å². The molecule has 4 nitrogen and oxygen atoms in total. The number of carbonyl (C=O) groups excluding carboxylic acids is 2. The van der Waals surface area contributed by atoms with E-state index >= 15 is 0 Å². The molecule has 104 valence electrons. The zero-order valence-electron chi connectivity index (χ0n) is 11.3. The summed E-state index contributed by atoms with van der Waals surface area (Å²) in [5, 5.41) is 21.7. The van der Waals surface area contributed by atoms with E-state index in [1.807, 2.05) is 0 Å². The molecule has 0 saturated carbocycles. The lowest BCUT2D eigenvalue weighted by Crippen LogP contribution is -1.99. The molecule has 0 radical (unpaired) electrons. The van der Waals surface area contributed by atoms with Gasteiger partial charge in [-0.1, -0.05) is 24.3 Å². The summed E-state index contributed by atoms with van der Waals surface area (Å²) in [7, 11) is 0. The summed E-state index contributed by atoms with van der Waals surface area (Å²) in [5.74, 6) is -0.386. The molecule has 3 aromatic rings. The highest BCUT2D eigenvalue weighted by atomic mass is 16.3. The van der Waals surface area contributed by atoms with Crippen LogP contribution in [0.25, 0.3) is 21.5 Å². The molecule has 21 heavy (non-hydrogen) atoms. The second-order valence-corrected chi connectivity index (χ2v) is 4.86. The number of phenolic OH excluding ortho intramolecular Hbond substituents is 2. The van der Waals surface area contributed by atoms with Gasteiger partial charge in [0.2, 0.25) is 0 Å². The van der Waals surface area contributed by atoms with Crippen LogP contribution in [0.5, 0.6) is 11.5 Å². The number of carbonyl (C=O) groups is 2. The summed E-state index contributed by atoms with van der Waals surface area (Å²) in [6.45, 7) is 1.42. The minimum atomic E-state index is -0.196. The van der Waals surface area contributed by atoms with Crippen LogP contribution in [0.4, 0.5) is 0 Å². The van der Waals surface area contributed by atoms with Crippen LogP contribution in [0.3, 0.4) is 0 Å². The molecule has 0 fully saturated rings. The van der Waals surface area contributed by atoms with Crippen LogP contribution in [-0.2, 0) is 0 Å². The van der Waals surface area contributed by atoms with Gasteiger partial charge < -0.3 is 10.2 Å². The van der Waals surface area contributed by atoms with Crippen molar-refractivity contribution in [3.05, 3.63) is 47.5 Å². The molecule has 2 N–H and O–H groups in total. The molecule has 0 aliphatic carbocycles. The maximum absolute atomic E-state index is 12.0. The van der Waals surface area contributed by atoms with Crippen molar-refractivity contribution in [1.29, 1.82) is 0 Å². The Morgan fingerprint density at radius 1 is 0.952 bits per heavy atom. The maximum atomic E-state index is 12.0. The van der Waals surface area contributed by atoms with E-state index in [0.717, 1.165) is 0 Å². The van der Waals surface area contributed by atoms with E-state index in [0.29, 0.717) is 22.6 Å². The van der Waals surface area contributed by atoms with E-state index < -0.39 is 0 Å². The molecule has 0 aromatic heterocycles. The van der Waals surface area contributed by atoms with Gasteiger partial charge in [-0.05, 0) is 29.8 Å². The standard InChI is InChI=1S/C17H12O4/c1-9(19)15-10-4-2-6-13(20)16(10)12(8-18)17-11(15)5-3-7-14(17)21/h2-8,20-21H,1H3. The minimum absolute atomic E-state index is 0.0951. The highest BCUT2D eigenvalue weighted by Gasteiger charge is 2.20. The Bertz CT molecular complexity index is 847. The van der Waals surface area contributed by atoms with E-state index in [2.05, 4.69) is 0 Å². The molecule has 3 rings (SSSR count). The molecule has 0 heterocycles. The van der Waals surface area contributed by atoms with Gasteiger partial charge in [0, 0.05) is 21.9 Å². The first kappa shape index (κ1) is 13.1. The van der Waals surface area contributed by atoms with Gasteiger partial charge >= 0.3 is 0 Å². The van der Waals surface area contributed by atoms with Crippen molar-refractivity contribution >= 4 is 33.6 Å². The van der Waals surface area contributed by atoms with Crippen molar-refractivity contribution in [2.45, 2.75) is 6.92 Å². The molecule has 0 saturated heterocycles. The van der Waals surface area contributed by atoms with Crippen LogP contribution in [-0.4, -0.2) is 22.3 Å². The number of aldehydes is 1. The summed E-state index contributed by atoms with van der Waals surface area (Å²) in [6.07, 6.45) is 0.591. The summed E-state index contributed by atoms with van der Waals surface area (Å²) in [5.41, 5.74) is 0.568. The third kappa shape index (κ3) is 1.76. The number of hydrogen-bond acceptors (Lipinski definition) is 4. The molecular weight excluding hydrogens is 268 g/mol. The van der Waals surface area contributed by atoms with Crippen LogP contribution in [0.2, 0.25) is 0 Å². The topological polar surface area (TPSA) is 74.6 Å². The fourth-order valence-electron chi connectivity index (χ4n) is 2.83. The fourth-order valence-corrected chi connectivity index (χ4v) is 2.83. The maximum Gasteiger partial charge on any atom is 0.161 e. The van der Waals surface area contributed by atoms with Crippen molar-refractivity contribution in [1.82, 2.24) is 0 Å². The number of rotatable bonds is 2. The van der Waals surface area contributed by atoms with Gasteiger partial charge in [-0.15, -0.1) is 0 Å². The normalized spacial score (nSPS) is 10.9. The molecule has 0 aliphatic heterocycles. The summed E-state index contributed by atoms with van der Waals surface area (Å²) >= 11 is 0. The van der Waals surface area contributed by atoms with E-state index in [-0.39, 0.29) is 33.6 Å². The molecule has 0 spiro atoms. The Morgan fingerprint density at radius 3 is 1.81 bits per heavy atom. The molecule has 0 unspecified atom stereocenters. The number of Topliss-reactive ketones (excluding diaryl/α,β-unsaturated/α-hetero) is 1. The molecule has 0 atom stereocenters. The SMILES string of the molecule is CC(=O)c1c2cccc(O)c2c(C=O)c2c(O)cccc12. The zero-order chi connectivity index (χ0) is 15.1. The van der Waals surface area contributed by atoms with Crippen molar-refractivity contribution in [3.63, 3.8) is 0 Å². The van der Waals surface area contributed by atoms with Gasteiger partial charge in [-0.2, -0.15) is 0 Å². The molecule has 0 aliphatic rings. The van der Waals surface area contributed by atoms with E-state index in [9.17, 15) is 19.8 Å². The van der Waals surface area contributed by atoms with Crippen LogP contribution >= 0.6 is 0 Å². The predicted octanol–water partition coefficient (Wildman–Crippen LogP) is 3.42. The summed E-state index contributed by atoms with van der Waals surface area (Å²) < 4.78 is 0. The molecule has 3 aromatic carbocycles. The van der Waals surface area contributed by atoms with Crippen molar-refractivity contribution < 1.29 is 19.8 Å². The van der Waals surface area contributed by atoms with Gasteiger partial charge in [0.1, 0.15) is 11.5 Å². The van der Waals surface area contributed by atoms with E-state index in [1.54, 1.807) is 24.3 Å². The molecule has 0 amide bonds. The first-order valence-corrected chi connectivity index (χ1v) is 6.41. The second kappa shape index (κ2) is 4.59. The van der Waals surface area contributed by atoms with Gasteiger partial charge in [0.05, 0.1) is 0 Å². The van der Waals surface area contributed by atoms with Crippen LogP contribution in [0.1, 0.15) is 27.6 Å². The third-order valence-electron chi connectivity index (χ3n) is 3.63. The van der Waals surface area contributed by atoms with Gasteiger partial charge in [-0.3, -0.25) is 9.59 Å². The van der Waals surface area contributed by atoms with Crippen LogP contribution < -0.4 is 0 Å². The first-order chi connectivity index (χ1) is 10.1. The summed E-state index contributed by atoms with van der Waals surface area (Å²) in [4.78, 5) is 23.6. The lowest BCUT2D eigenvalue weighted by molar-refractivity contribution is 0.102. The number of fused-ring (bicyclic) bond motifs is 2. The number of hydrogen-bond donors (Lipinski definition) is 2. The number of ketones is 1. The quantitative estimate of drug-likeness (QED) is 0.428. The van der Waals surface area contributed by atoms with Crippen molar-refractivity contribution in [2.75, 3.05) is 0 Å². The average molecular weight is 280 g/mol. The Kier molecular flexibility index (Phi) is 2.87. The molecule has 4 heteroatoms. The Balaban J connectivity index is 2.77. The van der Waals surface area contributed by atoms with Crippen molar-refractivity contribution in [3.8, 4) is 11.5 Å². The first-order valence-electron chi connectivity index (χ1n) is 6.41. The number of aromatic hydroxyl groups is 2. The van der Waals surface area contributed by atoms with Gasteiger partial charge in [0.15, 0.2) is 12.1 Å². The van der Waals surface area contributed by atoms with Gasteiger partial charge in [0.25, 0.3) is 0 Å². The highest BCUT2D eigenvalue weighted by molar-refractivity contribution is 6.25. The minimum Gasteiger partial charge on any atom is -0.507 e. The Labute approximate surface area is 120 Å². The lowest BCUT2D eigenvalue weighted by atomic mass is 9.90. The van der Waals surface area contributed by atoms with Gasteiger partial charge in [-0.25, -0.2) is 0 Å². The predicted molar refractivity (Wildman–Crippen MR) is 80.2 cm³/mol. The smallest absolute Gasteiger partial charge is 0.161 e. The van der Waals surface area contributed by atoms with E-state index in [1.165, 1.54) is 19.1 Å². The monoisotopic (exact) mass is 280 g/mol. The third-order valence-corrected chi connectivity index (χ3v) is 3.63. The number of phenols is 2. The Hall–Kier alpha value is -2.88. The molecule has 0 bridgehead atoms. The lowest BCUT2D eigenvalue weighted by Gasteiger charge is -2.14. The van der Waals surface area contributed by atoms with Crippen molar-refractivity contribution in [2.24, 2.45) is 0 Å². The fraction of sp³-hybridized carbons (Fsp3) is 0.0588. The summed E-state index contributed by atoms with van der Waals surface area (Å²) in [6, 6.07) is 9.50. The second-order valence-electron chi connectivity index (χ2n) is 4.86. The average Bonchev–Trinajstić information content (AvgIpc) is 2.45. The molecular formula is C17H12O4. The Morgan fingerprint density at radius 2 is 1.43 bits per heavy atom. The zero-order valence-corrected chi connectivity index (χ0v) is 11.3. The van der Waals surface area contributed by atoms with Crippen LogP contribution in [0, 0.1) is 0 Å². The largest absolute Gasteiger partial charge is 0.507 e. The van der Waals surface area contributed by atoms with Crippen LogP contribution in [0.15, 0.2) is 36.4 Å². The number of benzene rings is 3.